The molecule has 1 unspecified atom stereocenters. The summed E-state index contributed by atoms with van der Waals surface area (Å²) in [5, 5.41) is 15.5. The SMILES string of the molecule is COc1cnn(C)c1C(O)c1cc2cccc(Br)c2o1. The van der Waals surface area contributed by atoms with Gasteiger partial charge in [0.05, 0.1) is 17.8 Å². The van der Waals surface area contributed by atoms with Gasteiger partial charge < -0.3 is 14.3 Å². The number of aromatic nitrogens is 2. The van der Waals surface area contributed by atoms with Crippen LogP contribution >= 0.6 is 15.9 Å². The van der Waals surface area contributed by atoms with Gasteiger partial charge in [0.25, 0.3) is 0 Å². The number of hydrogen-bond donors (Lipinski definition) is 1. The second-order valence-corrected chi connectivity index (χ2v) is 5.29. The Morgan fingerprint density at radius 2 is 2.25 bits per heavy atom. The van der Waals surface area contributed by atoms with Crippen molar-refractivity contribution in [3.8, 4) is 5.75 Å². The van der Waals surface area contributed by atoms with E-state index in [-0.39, 0.29) is 0 Å². The van der Waals surface area contributed by atoms with Gasteiger partial charge in [-0.15, -0.1) is 0 Å². The summed E-state index contributed by atoms with van der Waals surface area (Å²) in [5.74, 6) is 0.980. The molecular weight excluding hydrogens is 324 g/mol. The number of aryl methyl sites for hydroxylation is 1. The molecule has 1 atom stereocenters. The molecule has 2 heterocycles. The Hall–Kier alpha value is -1.79. The lowest BCUT2D eigenvalue weighted by Crippen LogP contribution is -2.07. The minimum atomic E-state index is -0.934. The number of halogens is 1. The minimum Gasteiger partial charge on any atom is -0.493 e. The monoisotopic (exact) mass is 336 g/mol. The van der Waals surface area contributed by atoms with Crippen molar-refractivity contribution < 1.29 is 14.3 Å². The van der Waals surface area contributed by atoms with Crippen molar-refractivity contribution in [1.82, 2.24) is 9.78 Å². The number of benzene rings is 1. The number of ether oxygens (including phenoxy) is 1. The quantitative estimate of drug-likeness (QED) is 0.798. The van der Waals surface area contributed by atoms with Crippen LogP contribution in [0.4, 0.5) is 0 Å². The lowest BCUT2D eigenvalue weighted by atomic mass is 10.1. The first-order valence-corrected chi connectivity index (χ1v) is 6.83. The van der Waals surface area contributed by atoms with Gasteiger partial charge in [-0.3, -0.25) is 4.68 Å². The van der Waals surface area contributed by atoms with Crippen LogP contribution in [-0.4, -0.2) is 22.0 Å². The molecule has 0 saturated carbocycles. The van der Waals surface area contributed by atoms with Gasteiger partial charge in [-0.25, -0.2) is 0 Å². The predicted octanol–water partition coefficient (Wildman–Crippen LogP) is 3.02. The summed E-state index contributed by atoms with van der Waals surface area (Å²) in [4.78, 5) is 0. The number of rotatable bonds is 3. The minimum absolute atomic E-state index is 0.453. The molecule has 0 aliphatic carbocycles. The maximum absolute atomic E-state index is 10.5. The largest absolute Gasteiger partial charge is 0.493 e. The van der Waals surface area contributed by atoms with E-state index in [4.69, 9.17) is 9.15 Å². The number of hydrogen-bond acceptors (Lipinski definition) is 4. The van der Waals surface area contributed by atoms with E-state index in [1.807, 2.05) is 24.3 Å². The molecule has 0 aliphatic heterocycles. The van der Waals surface area contributed by atoms with Crippen LogP contribution in [0.25, 0.3) is 11.0 Å². The van der Waals surface area contributed by atoms with E-state index >= 15 is 0 Å². The average molecular weight is 337 g/mol. The van der Waals surface area contributed by atoms with Crippen LogP contribution in [0, 0.1) is 0 Å². The van der Waals surface area contributed by atoms with Crippen molar-refractivity contribution in [3.05, 3.63) is 46.4 Å². The van der Waals surface area contributed by atoms with Crippen molar-refractivity contribution in [2.75, 3.05) is 7.11 Å². The zero-order chi connectivity index (χ0) is 14.3. The molecule has 0 radical (unpaired) electrons. The van der Waals surface area contributed by atoms with Gasteiger partial charge in [0.15, 0.2) is 11.9 Å². The van der Waals surface area contributed by atoms with Crippen LogP contribution in [0.5, 0.6) is 5.75 Å². The summed E-state index contributed by atoms with van der Waals surface area (Å²) in [6, 6.07) is 7.56. The molecule has 6 heteroatoms. The van der Waals surface area contributed by atoms with Gasteiger partial charge >= 0.3 is 0 Å². The number of furan rings is 1. The lowest BCUT2D eigenvalue weighted by molar-refractivity contribution is 0.178. The normalized spacial score (nSPS) is 12.8. The molecule has 1 N–H and O–H groups in total. The van der Waals surface area contributed by atoms with E-state index in [2.05, 4.69) is 21.0 Å². The Morgan fingerprint density at radius 3 is 2.95 bits per heavy atom. The first-order chi connectivity index (χ1) is 9.61. The maximum atomic E-state index is 10.5. The van der Waals surface area contributed by atoms with Crippen molar-refractivity contribution in [2.45, 2.75) is 6.10 Å². The highest BCUT2D eigenvalue weighted by atomic mass is 79.9. The summed E-state index contributed by atoms with van der Waals surface area (Å²) >= 11 is 3.43. The highest BCUT2D eigenvalue weighted by molar-refractivity contribution is 9.10. The number of aliphatic hydroxyl groups excluding tert-OH is 1. The topological polar surface area (TPSA) is 60.4 Å². The standard InChI is InChI=1S/C14H13BrN2O3/c1-17-12(11(19-2)7-16-17)13(18)10-6-8-4-3-5-9(15)14(8)20-10/h3-7,13,18H,1-2H3. The van der Waals surface area contributed by atoms with Crippen LogP contribution < -0.4 is 4.74 Å². The highest BCUT2D eigenvalue weighted by Gasteiger charge is 2.23. The van der Waals surface area contributed by atoms with Gasteiger partial charge in [-0.2, -0.15) is 5.10 Å². The smallest absolute Gasteiger partial charge is 0.163 e. The Morgan fingerprint density at radius 1 is 1.45 bits per heavy atom. The van der Waals surface area contributed by atoms with Crippen molar-refractivity contribution in [2.24, 2.45) is 7.05 Å². The Kier molecular flexibility index (Phi) is 3.27. The van der Waals surface area contributed by atoms with Crippen LogP contribution in [0.1, 0.15) is 17.6 Å². The van der Waals surface area contributed by atoms with Crippen LogP contribution in [-0.2, 0) is 7.05 Å². The molecule has 0 spiro atoms. The van der Waals surface area contributed by atoms with Crippen molar-refractivity contribution >= 4 is 26.9 Å². The molecule has 0 bridgehead atoms. The van der Waals surface area contributed by atoms with Crippen LogP contribution in [0.3, 0.4) is 0 Å². The third-order valence-electron chi connectivity index (χ3n) is 3.21. The molecule has 0 saturated heterocycles. The first-order valence-electron chi connectivity index (χ1n) is 6.03. The lowest BCUT2D eigenvalue weighted by Gasteiger charge is -2.10. The molecule has 20 heavy (non-hydrogen) atoms. The zero-order valence-corrected chi connectivity index (χ0v) is 12.6. The first kappa shape index (κ1) is 13.2. The molecule has 0 fully saturated rings. The second-order valence-electron chi connectivity index (χ2n) is 4.43. The second kappa shape index (κ2) is 4.96. The molecular formula is C14H13BrN2O3. The number of fused-ring (bicyclic) bond motifs is 1. The van der Waals surface area contributed by atoms with Gasteiger partial charge in [0.1, 0.15) is 17.0 Å². The number of methoxy groups -OCH3 is 1. The molecule has 2 aromatic heterocycles. The summed E-state index contributed by atoms with van der Waals surface area (Å²) < 4.78 is 13.4. The van der Waals surface area contributed by atoms with Crippen LogP contribution in [0.15, 0.2) is 39.4 Å². The number of para-hydroxylation sites is 1. The fourth-order valence-corrected chi connectivity index (χ4v) is 2.68. The van der Waals surface area contributed by atoms with Gasteiger partial charge in [-0.05, 0) is 28.1 Å². The van der Waals surface area contributed by atoms with E-state index in [1.165, 1.54) is 0 Å². The van der Waals surface area contributed by atoms with E-state index in [1.54, 1.807) is 25.0 Å². The third-order valence-corrected chi connectivity index (χ3v) is 3.84. The molecule has 3 aromatic rings. The van der Waals surface area contributed by atoms with Crippen LogP contribution in [0.2, 0.25) is 0 Å². The summed E-state index contributed by atoms with van der Waals surface area (Å²) in [7, 11) is 3.29. The van der Waals surface area contributed by atoms with Gasteiger partial charge in [-0.1, -0.05) is 12.1 Å². The third kappa shape index (κ3) is 2.01. The zero-order valence-electron chi connectivity index (χ0n) is 11.0. The Balaban J connectivity index is 2.10. The molecule has 3 rings (SSSR count). The van der Waals surface area contributed by atoms with E-state index < -0.39 is 6.10 Å². The van der Waals surface area contributed by atoms with Gasteiger partial charge in [0.2, 0.25) is 0 Å². The fraction of sp³-hybridized carbons (Fsp3) is 0.214. The van der Waals surface area contributed by atoms with Gasteiger partial charge in [0, 0.05) is 12.4 Å². The number of nitrogens with zero attached hydrogens (tertiary/aromatic N) is 2. The summed E-state index contributed by atoms with van der Waals surface area (Å²) in [6.45, 7) is 0. The molecule has 0 aliphatic rings. The maximum Gasteiger partial charge on any atom is 0.163 e. The van der Waals surface area contributed by atoms with E-state index in [0.29, 0.717) is 22.8 Å². The molecule has 1 aromatic carbocycles. The highest BCUT2D eigenvalue weighted by Crippen LogP contribution is 2.34. The Labute approximate surface area is 123 Å². The van der Waals surface area contributed by atoms with E-state index in [0.717, 1.165) is 9.86 Å². The summed E-state index contributed by atoms with van der Waals surface area (Å²) in [5.41, 5.74) is 1.27. The van der Waals surface area contributed by atoms with Crippen molar-refractivity contribution in [1.29, 1.82) is 0 Å². The summed E-state index contributed by atoms with van der Waals surface area (Å²) in [6.07, 6.45) is 0.633. The molecule has 0 amide bonds. The predicted molar refractivity (Wildman–Crippen MR) is 77.7 cm³/mol. The average Bonchev–Trinajstić information content (AvgIpc) is 3.02. The van der Waals surface area contributed by atoms with E-state index in [9.17, 15) is 5.11 Å². The van der Waals surface area contributed by atoms with Crippen molar-refractivity contribution in [3.63, 3.8) is 0 Å². The molecule has 104 valence electrons. The number of aliphatic hydroxyl groups is 1. The fourth-order valence-electron chi connectivity index (χ4n) is 2.21. The molecule has 5 nitrogen and oxygen atoms in total. The Bertz CT molecular complexity index is 763.